The van der Waals surface area contributed by atoms with E-state index >= 15 is 0 Å². The molecule has 0 radical (unpaired) electrons. The number of benzene rings is 9. The molecule has 0 fully saturated rings. The average molecular weight is 758 g/mol. The highest BCUT2D eigenvalue weighted by Gasteiger charge is 2.17. The van der Waals surface area contributed by atoms with E-state index in [9.17, 15) is 0 Å². The minimum absolute atomic E-state index is 0.883. The Labute approximate surface area is 340 Å². The van der Waals surface area contributed by atoms with Gasteiger partial charge in [0, 0.05) is 53.7 Å². The summed E-state index contributed by atoms with van der Waals surface area (Å²) in [6.07, 6.45) is 0. The second kappa shape index (κ2) is 14.3. The van der Waals surface area contributed by atoms with Crippen LogP contribution < -0.4 is 4.90 Å². The van der Waals surface area contributed by atoms with Crippen LogP contribution in [0.15, 0.2) is 212 Å². The monoisotopic (exact) mass is 757 g/mol. The maximum Gasteiger partial charge on any atom is 0.0973 e. The van der Waals surface area contributed by atoms with E-state index in [2.05, 4.69) is 205 Å². The predicted octanol–water partition coefficient (Wildman–Crippen LogP) is 15.3. The van der Waals surface area contributed by atoms with Gasteiger partial charge in [-0.3, -0.25) is 0 Å². The molecule has 0 aliphatic rings. The lowest BCUT2D eigenvalue weighted by Crippen LogP contribution is -2.09. The van der Waals surface area contributed by atoms with E-state index in [1.807, 2.05) is 23.5 Å². The van der Waals surface area contributed by atoms with Crippen LogP contribution in [0.5, 0.6) is 0 Å². The molecule has 0 bridgehead atoms. The van der Waals surface area contributed by atoms with E-state index in [4.69, 9.17) is 9.97 Å². The fourth-order valence-corrected chi connectivity index (χ4v) is 9.30. The smallest absolute Gasteiger partial charge is 0.0973 e. The molecule has 3 nitrogen and oxygen atoms in total. The van der Waals surface area contributed by atoms with Gasteiger partial charge in [0.2, 0.25) is 0 Å². The Morgan fingerprint density at radius 3 is 1.50 bits per heavy atom. The summed E-state index contributed by atoms with van der Waals surface area (Å²) in [5, 5.41) is 4.82. The Bertz CT molecular complexity index is 3250. The first-order chi connectivity index (χ1) is 28.7. The molecule has 2 heterocycles. The maximum atomic E-state index is 5.33. The third-order valence-corrected chi connectivity index (χ3v) is 12.2. The minimum atomic E-state index is 0.883. The fraction of sp³-hybridized carbons (Fsp3) is 0. The van der Waals surface area contributed by atoms with E-state index in [1.165, 1.54) is 31.3 Å². The molecule has 4 heteroatoms. The largest absolute Gasteiger partial charge is 0.310 e. The zero-order valence-electron chi connectivity index (χ0n) is 31.5. The Balaban J connectivity index is 0.979. The van der Waals surface area contributed by atoms with Crippen molar-refractivity contribution in [2.24, 2.45) is 0 Å². The minimum Gasteiger partial charge on any atom is -0.310 e. The molecule has 0 aliphatic carbocycles. The van der Waals surface area contributed by atoms with E-state index in [-0.39, 0.29) is 0 Å². The topological polar surface area (TPSA) is 29.0 Å². The van der Waals surface area contributed by atoms with Crippen molar-refractivity contribution < 1.29 is 0 Å². The third-order valence-electron chi connectivity index (χ3n) is 11.1. The number of fused-ring (bicyclic) bond motifs is 6. The van der Waals surface area contributed by atoms with Crippen LogP contribution in [0, 0.1) is 0 Å². The van der Waals surface area contributed by atoms with Crippen LogP contribution in [0.4, 0.5) is 17.1 Å². The molecular formula is C54H35N3S. The van der Waals surface area contributed by atoms with Crippen molar-refractivity contribution in [1.29, 1.82) is 0 Å². The highest BCUT2D eigenvalue weighted by atomic mass is 32.1. The lowest BCUT2D eigenvalue weighted by Gasteiger charge is -2.26. The molecule has 58 heavy (non-hydrogen) atoms. The van der Waals surface area contributed by atoms with Gasteiger partial charge in [-0.25, -0.2) is 9.97 Å². The summed E-state index contributed by atoms with van der Waals surface area (Å²) in [7, 11) is 0. The third kappa shape index (κ3) is 6.08. The highest BCUT2D eigenvalue weighted by molar-refractivity contribution is 7.25. The quantitative estimate of drug-likeness (QED) is 0.152. The molecule has 0 unspecified atom stereocenters. The van der Waals surface area contributed by atoms with Gasteiger partial charge in [-0.2, -0.15) is 0 Å². The Hall–Kier alpha value is -7.40. The van der Waals surface area contributed by atoms with Crippen LogP contribution in [0.1, 0.15) is 0 Å². The van der Waals surface area contributed by atoms with Gasteiger partial charge in [0.15, 0.2) is 0 Å². The van der Waals surface area contributed by atoms with Crippen molar-refractivity contribution in [3.8, 4) is 44.8 Å². The lowest BCUT2D eigenvalue weighted by atomic mass is 9.99. The van der Waals surface area contributed by atoms with Gasteiger partial charge >= 0.3 is 0 Å². The summed E-state index contributed by atoms with van der Waals surface area (Å²) in [6.45, 7) is 0. The number of anilines is 3. The van der Waals surface area contributed by atoms with Crippen molar-refractivity contribution in [3.63, 3.8) is 0 Å². The van der Waals surface area contributed by atoms with E-state index in [1.54, 1.807) is 0 Å². The van der Waals surface area contributed by atoms with Gasteiger partial charge in [0.1, 0.15) is 0 Å². The van der Waals surface area contributed by atoms with Crippen LogP contribution in [-0.4, -0.2) is 9.97 Å². The molecular weight excluding hydrogens is 723 g/mol. The zero-order chi connectivity index (χ0) is 38.4. The molecule has 0 saturated heterocycles. The molecule has 11 aromatic rings. The fourth-order valence-electron chi connectivity index (χ4n) is 8.16. The van der Waals surface area contributed by atoms with Crippen molar-refractivity contribution in [2.75, 3.05) is 4.90 Å². The van der Waals surface area contributed by atoms with E-state index < -0.39 is 0 Å². The molecule has 0 N–H and O–H groups in total. The molecule has 0 amide bonds. The van der Waals surface area contributed by atoms with Gasteiger partial charge in [-0.15, -0.1) is 11.3 Å². The molecule has 9 aromatic carbocycles. The number of thiophene rings is 1. The van der Waals surface area contributed by atoms with E-state index in [0.717, 1.165) is 72.5 Å². The molecule has 272 valence electrons. The lowest BCUT2D eigenvalue weighted by molar-refractivity contribution is 1.29. The van der Waals surface area contributed by atoms with Crippen LogP contribution >= 0.6 is 11.3 Å². The summed E-state index contributed by atoms with van der Waals surface area (Å²) in [5.74, 6) is 0. The standard InChI is InChI=1S/C54H35N3S/c1-4-12-36(13-5-1)37-20-26-43(27-21-37)57(45-30-32-48-47-18-10-11-19-50(47)58-51(48)35-45)44-28-22-38(23-29-44)41-24-31-46-42(34-41)25-33-49-54(46)56-53(40-16-8-3-9-17-40)52(55-49)39-14-6-2-7-15-39/h1-35H. The number of nitrogens with zero attached hydrogens (tertiary/aromatic N) is 3. The number of rotatable bonds is 7. The SMILES string of the molecule is c1ccc(-c2ccc(N(c3ccc(-c4ccc5c(ccc6nc(-c7ccccc7)c(-c7ccccc7)nc65)c4)cc3)c3ccc4c(c3)sc3ccccc34)cc2)cc1. The molecule has 2 aromatic heterocycles. The first kappa shape index (κ1) is 33.9. The molecule has 0 atom stereocenters. The summed E-state index contributed by atoms with van der Waals surface area (Å²) in [5.41, 5.74) is 13.7. The Morgan fingerprint density at radius 2 is 0.828 bits per heavy atom. The predicted molar refractivity (Wildman–Crippen MR) is 246 cm³/mol. The van der Waals surface area contributed by atoms with E-state index in [0.29, 0.717) is 0 Å². The maximum absolute atomic E-state index is 5.33. The molecule has 0 saturated carbocycles. The number of hydrogen-bond acceptors (Lipinski definition) is 4. The Kier molecular flexibility index (Phi) is 8.34. The second-order valence-corrected chi connectivity index (χ2v) is 15.7. The molecule has 0 spiro atoms. The van der Waals surface area contributed by atoms with Crippen molar-refractivity contribution in [1.82, 2.24) is 9.97 Å². The van der Waals surface area contributed by atoms with Crippen molar-refractivity contribution in [2.45, 2.75) is 0 Å². The first-order valence-electron chi connectivity index (χ1n) is 19.6. The van der Waals surface area contributed by atoms with Gasteiger partial charge in [-0.05, 0) is 82.2 Å². The Morgan fingerprint density at radius 1 is 0.328 bits per heavy atom. The zero-order valence-corrected chi connectivity index (χ0v) is 32.3. The normalized spacial score (nSPS) is 11.4. The first-order valence-corrected chi connectivity index (χ1v) is 20.4. The summed E-state index contributed by atoms with van der Waals surface area (Å²) >= 11 is 1.85. The van der Waals surface area contributed by atoms with Gasteiger partial charge < -0.3 is 4.90 Å². The van der Waals surface area contributed by atoms with Gasteiger partial charge in [-0.1, -0.05) is 158 Å². The molecule has 11 rings (SSSR count). The van der Waals surface area contributed by atoms with Crippen molar-refractivity contribution in [3.05, 3.63) is 212 Å². The van der Waals surface area contributed by atoms with Crippen LogP contribution in [0.3, 0.4) is 0 Å². The summed E-state index contributed by atoms with van der Waals surface area (Å²) in [6, 6.07) is 75.6. The van der Waals surface area contributed by atoms with Crippen LogP contribution in [0.2, 0.25) is 0 Å². The van der Waals surface area contributed by atoms with Gasteiger partial charge in [0.25, 0.3) is 0 Å². The average Bonchev–Trinajstić information content (AvgIpc) is 3.68. The van der Waals surface area contributed by atoms with Crippen LogP contribution in [-0.2, 0) is 0 Å². The summed E-state index contributed by atoms with van der Waals surface area (Å²) in [4.78, 5) is 12.9. The van der Waals surface area contributed by atoms with Gasteiger partial charge in [0.05, 0.1) is 22.4 Å². The second-order valence-electron chi connectivity index (χ2n) is 14.6. The highest BCUT2D eigenvalue weighted by Crippen LogP contribution is 2.42. The number of aromatic nitrogens is 2. The number of hydrogen-bond donors (Lipinski definition) is 0. The van der Waals surface area contributed by atoms with Crippen molar-refractivity contribution >= 4 is 70.4 Å². The summed E-state index contributed by atoms with van der Waals surface area (Å²) < 4.78 is 2.59. The van der Waals surface area contributed by atoms with Crippen LogP contribution in [0.25, 0.3) is 86.7 Å². The molecule has 0 aliphatic heterocycles.